The molecule has 0 aliphatic carbocycles. The molecule has 0 atom stereocenters. The van der Waals surface area contributed by atoms with Crippen molar-refractivity contribution in [2.24, 2.45) is 0 Å². The Bertz CT molecular complexity index is 648. The number of anilines is 1. The van der Waals surface area contributed by atoms with Gasteiger partial charge in [-0.25, -0.2) is 0 Å². The van der Waals surface area contributed by atoms with Crippen LogP contribution in [0.2, 0.25) is 0 Å². The van der Waals surface area contributed by atoms with Crippen molar-refractivity contribution >= 4 is 60.7 Å². The molecular formula is C14H15BrN2OS2. The second-order valence-electron chi connectivity index (χ2n) is 4.74. The maximum absolute atomic E-state index is 12.7. The second-order valence-corrected chi connectivity index (χ2v) is 7.94. The van der Waals surface area contributed by atoms with E-state index in [0.717, 1.165) is 45.6 Å². The number of thioether (sulfide) groups is 1. The van der Waals surface area contributed by atoms with Crippen molar-refractivity contribution in [2.45, 2.75) is 6.42 Å². The van der Waals surface area contributed by atoms with E-state index in [-0.39, 0.29) is 5.91 Å². The van der Waals surface area contributed by atoms with E-state index in [1.807, 2.05) is 34.9 Å². The van der Waals surface area contributed by atoms with Crippen LogP contribution in [0.15, 0.2) is 22.7 Å². The van der Waals surface area contributed by atoms with E-state index >= 15 is 0 Å². The van der Waals surface area contributed by atoms with Crippen molar-refractivity contribution in [1.82, 2.24) is 4.90 Å². The van der Waals surface area contributed by atoms with Gasteiger partial charge in [0, 0.05) is 33.4 Å². The van der Waals surface area contributed by atoms with Crippen LogP contribution >= 0.6 is 39.0 Å². The largest absolute Gasteiger partial charge is 0.397 e. The van der Waals surface area contributed by atoms with Crippen molar-refractivity contribution in [2.75, 3.05) is 30.3 Å². The Kier molecular flexibility index (Phi) is 4.23. The summed E-state index contributed by atoms with van der Waals surface area (Å²) in [6.07, 6.45) is 1.06. The monoisotopic (exact) mass is 370 g/mol. The number of thiophene rings is 1. The van der Waals surface area contributed by atoms with Crippen molar-refractivity contribution in [3.05, 3.63) is 27.5 Å². The molecule has 2 heterocycles. The van der Waals surface area contributed by atoms with Gasteiger partial charge in [-0.1, -0.05) is 15.9 Å². The van der Waals surface area contributed by atoms with E-state index in [1.54, 1.807) is 0 Å². The smallest absolute Gasteiger partial charge is 0.266 e. The van der Waals surface area contributed by atoms with Crippen LogP contribution in [0.3, 0.4) is 0 Å². The molecule has 1 aliphatic rings. The van der Waals surface area contributed by atoms with Crippen LogP contribution in [0.1, 0.15) is 16.1 Å². The van der Waals surface area contributed by atoms with Crippen LogP contribution in [0.25, 0.3) is 10.1 Å². The molecule has 0 spiro atoms. The Morgan fingerprint density at radius 3 is 3.00 bits per heavy atom. The van der Waals surface area contributed by atoms with Gasteiger partial charge in [0.2, 0.25) is 0 Å². The Balaban J connectivity index is 1.96. The van der Waals surface area contributed by atoms with Gasteiger partial charge in [0.05, 0.1) is 5.69 Å². The van der Waals surface area contributed by atoms with Crippen molar-refractivity contribution in [1.29, 1.82) is 0 Å². The van der Waals surface area contributed by atoms with Gasteiger partial charge in [0.1, 0.15) is 4.88 Å². The van der Waals surface area contributed by atoms with E-state index in [9.17, 15) is 4.79 Å². The van der Waals surface area contributed by atoms with Gasteiger partial charge < -0.3 is 10.6 Å². The molecule has 1 amide bonds. The molecule has 2 N–H and O–H groups in total. The molecule has 20 heavy (non-hydrogen) atoms. The van der Waals surface area contributed by atoms with Gasteiger partial charge in [0.25, 0.3) is 5.91 Å². The fourth-order valence-electron chi connectivity index (χ4n) is 2.34. The number of carbonyl (C=O) groups is 1. The first-order chi connectivity index (χ1) is 9.66. The normalized spacial score (nSPS) is 16.4. The number of halogens is 1. The van der Waals surface area contributed by atoms with E-state index in [4.69, 9.17) is 5.73 Å². The van der Waals surface area contributed by atoms with E-state index in [2.05, 4.69) is 15.9 Å². The summed E-state index contributed by atoms with van der Waals surface area (Å²) in [6.45, 7) is 1.66. The van der Waals surface area contributed by atoms with Gasteiger partial charge in [-0.3, -0.25) is 4.79 Å². The third kappa shape index (κ3) is 2.69. The summed E-state index contributed by atoms with van der Waals surface area (Å²) in [6, 6.07) is 5.97. The zero-order chi connectivity index (χ0) is 14.1. The molecule has 6 heteroatoms. The summed E-state index contributed by atoms with van der Waals surface area (Å²) in [5.41, 5.74) is 6.81. The molecule has 3 rings (SSSR count). The lowest BCUT2D eigenvalue weighted by Gasteiger charge is -2.19. The van der Waals surface area contributed by atoms with E-state index in [0.29, 0.717) is 10.6 Å². The summed E-state index contributed by atoms with van der Waals surface area (Å²) in [5.74, 6) is 2.24. The second kappa shape index (κ2) is 5.95. The number of nitrogens with two attached hydrogens (primary N) is 1. The minimum atomic E-state index is 0.0855. The third-order valence-electron chi connectivity index (χ3n) is 3.39. The highest BCUT2D eigenvalue weighted by Gasteiger charge is 2.22. The number of benzene rings is 1. The number of amides is 1. The lowest BCUT2D eigenvalue weighted by atomic mass is 10.2. The van der Waals surface area contributed by atoms with Crippen LogP contribution in [-0.2, 0) is 0 Å². The van der Waals surface area contributed by atoms with Crippen LogP contribution in [0.4, 0.5) is 5.69 Å². The zero-order valence-corrected chi connectivity index (χ0v) is 14.1. The molecule has 3 nitrogen and oxygen atoms in total. The average molecular weight is 371 g/mol. The van der Waals surface area contributed by atoms with Gasteiger partial charge in [-0.05, 0) is 30.4 Å². The number of nitrogens with zero attached hydrogens (tertiary/aromatic N) is 1. The topological polar surface area (TPSA) is 46.3 Å². The first-order valence-electron chi connectivity index (χ1n) is 6.51. The Hall–Kier alpha value is -0.720. The van der Waals surface area contributed by atoms with E-state index < -0.39 is 0 Å². The predicted octanol–water partition coefficient (Wildman–Crippen LogP) is 3.83. The maximum Gasteiger partial charge on any atom is 0.266 e. The molecule has 1 aromatic carbocycles. The van der Waals surface area contributed by atoms with Gasteiger partial charge in [-0.15, -0.1) is 11.3 Å². The fourth-order valence-corrected chi connectivity index (χ4v) is 4.66. The standard InChI is InChI=1S/C14H15BrN2OS2/c15-9-2-3-11-10(8-9)12(16)13(20-11)14(18)17-4-1-6-19-7-5-17/h2-3,8H,1,4-7,16H2. The average Bonchev–Trinajstić information content (AvgIpc) is 2.66. The molecule has 0 bridgehead atoms. The summed E-state index contributed by atoms with van der Waals surface area (Å²) >= 11 is 6.86. The molecule has 0 radical (unpaired) electrons. The predicted molar refractivity (Wildman–Crippen MR) is 91.8 cm³/mol. The molecule has 106 valence electrons. The highest BCUT2D eigenvalue weighted by atomic mass is 79.9. The Morgan fingerprint density at radius 1 is 1.30 bits per heavy atom. The minimum Gasteiger partial charge on any atom is -0.397 e. The van der Waals surface area contributed by atoms with Gasteiger partial charge in [0.15, 0.2) is 0 Å². The molecule has 1 fully saturated rings. The number of nitrogen functional groups attached to an aromatic ring is 1. The summed E-state index contributed by atoms with van der Waals surface area (Å²) in [5, 5.41) is 0.969. The number of rotatable bonds is 1. The number of fused-ring (bicyclic) bond motifs is 1. The minimum absolute atomic E-state index is 0.0855. The first-order valence-corrected chi connectivity index (χ1v) is 9.28. The summed E-state index contributed by atoms with van der Waals surface area (Å²) < 4.78 is 2.05. The maximum atomic E-state index is 12.7. The fraction of sp³-hybridized carbons (Fsp3) is 0.357. The molecule has 1 aromatic heterocycles. The first kappa shape index (κ1) is 14.2. The summed E-state index contributed by atoms with van der Waals surface area (Å²) in [7, 11) is 0. The molecule has 2 aromatic rings. The van der Waals surface area contributed by atoms with Crippen LogP contribution < -0.4 is 5.73 Å². The molecular weight excluding hydrogens is 356 g/mol. The van der Waals surface area contributed by atoms with Crippen LogP contribution in [0.5, 0.6) is 0 Å². The quantitative estimate of drug-likeness (QED) is 0.829. The van der Waals surface area contributed by atoms with Crippen molar-refractivity contribution in [3.63, 3.8) is 0 Å². The van der Waals surface area contributed by atoms with Crippen LogP contribution in [-0.4, -0.2) is 35.4 Å². The highest BCUT2D eigenvalue weighted by molar-refractivity contribution is 9.10. The van der Waals surface area contributed by atoms with Gasteiger partial charge >= 0.3 is 0 Å². The number of carbonyl (C=O) groups excluding carboxylic acids is 1. The van der Waals surface area contributed by atoms with Crippen molar-refractivity contribution in [3.8, 4) is 0 Å². The molecule has 0 unspecified atom stereocenters. The molecule has 0 saturated carbocycles. The zero-order valence-electron chi connectivity index (χ0n) is 10.9. The van der Waals surface area contributed by atoms with Crippen LogP contribution in [0, 0.1) is 0 Å². The van der Waals surface area contributed by atoms with E-state index in [1.165, 1.54) is 11.3 Å². The lowest BCUT2D eigenvalue weighted by Crippen LogP contribution is -2.32. The SMILES string of the molecule is Nc1c(C(=O)N2CCCSCC2)sc2ccc(Br)cc12. The molecule has 1 aliphatic heterocycles. The molecule has 1 saturated heterocycles. The lowest BCUT2D eigenvalue weighted by molar-refractivity contribution is 0.0774. The number of hydrogen-bond donors (Lipinski definition) is 1. The third-order valence-corrected chi connectivity index (χ3v) is 6.11. The van der Waals surface area contributed by atoms with Crippen molar-refractivity contribution < 1.29 is 4.79 Å². The van der Waals surface area contributed by atoms with Gasteiger partial charge in [-0.2, -0.15) is 11.8 Å². The summed E-state index contributed by atoms with van der Waals surface area (Å²) in [4.78, 5) is 15.3. The Morgan fingerprint density at radius 2 is 2.15 bits per heavy atom. The Labute approximate surface area is 134 Å². The highest BCUT2D eigenvalue weighted by Crippen LogP contribution is 2.36. The number of hydrogen-bond acceptors (Lipinski definition) is 4.